The molecule has 1 N–H and O–H groups in total. The third-order valence-corrected chi connectivity index (χ3v) is 9.44. The lowest BCUT2D eigenvalue weighted by atomic mass is 9.84. The molecule has 0 saturated carbocycles. The Labute approximate surface area is 250 Å². The molecule has 218 valence electrons. The van der Waals surface area contributed by atoms with Gasteiger partial charge in [0, 0.05) is 49.4 Å². The zero-order valence-electron chi connectivity index (χ0n) is 23.7. The molecule has 3 saturated heterocycles. The highest BCUT2D eigenvalue weighted by atomic mass is 35.5. The van der Waals surface area contributed by atoms with Gasteiger partial charge in [0.15, 0.2) is 11.5 Å². The van der Waals surface area contributed by atoms with Gasteiger partial charge in [-0.1, -0.05) is 35.9 Å². The molecule has 42 heavy (non-hydrogen) atoms. The molecule has 2 aromatic heterocycles. The number of piperazine rings is 1. The number of carbonyl (C=O) groups is 1. The topological polar surface area (TPSA) is 86.4 Å². The molecule has 3 aliphatic heterocycles. The Hall–Kier alpha value is -3.50. The molecule has 10 heteroatoms. The van der Waals surface area contributed by atoms with Crippen molar-refractivity contribution in [2.24, 2.45) is 0 Å². The van der Waals surface area contributed by atoms with Gasteiger partial charge >= 0.3 is 0 Å². The van der Waals surface area contributed by atoms with E-state index in [1.54, 1.807) is 0 Å². The summed E-state index contributed by atoms with van der Waals surface area (Å²) in [7, 11) is 2.12. The van der Waals surface area contributed by atoms with Crippen molar-refractivity contribution < 1.29 is 14.6 Å². The van der Waals surface area contributed by atoms with Gasteiger partial charge in [-0.3, -0.25) is 9.69 Å². The molecule has 2 bridgehead atoms. The van der Waals surface area contributed by atoms with Crippen LogP contribution in [0.4, 0.5) is 5.69 Å². The first kappa shape index (κ1) is 27.3. The molecule has 0 spiro atoms. The summed E-state index contributed by atoms with van der Waals surface area (Å²) in [6.45, 7) is 4.15. The summed E-state index contributed by atoms with van der Waals surface area (Å²) < 4.78 is 7.53. The highest BCUT2D eigenvalue weighted by Gasteiger charge is 2.38. The normalized spacial score (nSPS) is 22.5. The number of rotatable bonds is 5. The number of halogens is 1. The van der Waals surface area contributed by atoms with E-state index in [2.05, 4.69) is 22.9 Å². The maximum Gasteiger partial charge on any atom is 0.253 e. The minimum atomic E-state index is -0.865. The van der Waals surface area contributed by atoms with E-state index in [4.69, 9.17) is 26.4 Å². The number of piperidine rings is 1. The van der Waals surface area contributed by atoms with Gasteiger partial charge in [0.25, 0.3) is 5.91 Å². The first-order chi connectivity index (χ1) is 20.4. The number of anilines is 1. The fourth-order valence-electron chi connectivity index (χ4n) is 6.54. The number of fused-ring (bicyclic) bond motifs is 3. The lowest BCUT2D eigenvalue weighted by molar-refractivity contribution is -0.0776. The summed E-state index contributed by atoms with van der Waals surface area (Å²) in [6.07, 6.45) is 3.72. The molecule has 0 aliphatic carbocycles. The van der Waals surface area contributed by atoms with Crippen molar-refractivity contribution in [1.82, 2.24) is 24.4 Å². The standard InChI is InChI=1S/C32H35ClN6O3/c1-36-26-18-38(19-27(36)21-42-20-26)31(40)23-6-4-22(5-7-23)17-29-34-30-28(3-2-14-39(30)35-29)37-15-12-32(41,13-16-37)24-8-10-25(33)11-9-24/h2-11,14,26-27,41H,12-13,15-21H2,1H3. The molecule has 3 aliphatic rings. The molecular weight excluding hydrogens is 552 g/mol. The van der Waals surface area contributed by atoms with E-state index in [0.29, 0.717) is 69.2 Å². The maximum absolute atomic E-state index is 13.3. The van der Waals surface area contributed by atoms with Crippen molar-refractivity contribution in [2.75, 3.05) is 51.3 Å². The molecule has 7 rings (SSSR count). The van der Waals surface area contributed by atoms with Crippen LogP contribution in [0.2, 0.25) is 5.02 Å². The Morgan fingerprint density at radius 1 is 1.02 bits per heavy atom. The molecule has 1 amide bonds. The molecule has 2 atom stereocenters. The van der Waals surface area contributed by atoms with Crippen LogP contribution < -0.4 is 4.90 Å². The van der Waals surface area contributed by atoms with E-state index in [0.717, 1.165) is 28.3 Å². The van der Waals surface area contributed by atoms with Crippen LogP contribution in [0.25, 0.3) is 5.65 Å². The van der Waals surface area contributed by atoms with Crippen LogP contribution in [-0.4, -0.2) is 93.9 Å². The summed E-state index contributed by atoms with van der Waals surface area (Å²) in [4.78, 5) is 24.7. The second-order valence-corrected chi connectivity index (χ2v) is 12.2. The Kier molecular flexibility index (Phi) is 7.14. The molecule has 5 heterocycles. The number of hydrogen-bond acceptors (Lipinski definition) is 7. The predicted molar refractivity (Wildman–Crippen MR) is 161 cm³/mol. The van der Waals surface area contributed by atoms with Crippen LogP contribution in [0.1, 0.15) is 40.2 Å². The van der Waals surface area contributed by atoms with E-state index < -0.39 is 5.60 Å². The Balaban J connectivity index is 1.03. The summed E-state index contributed by atoms with van der Waals surface area (Å²) in [5, 5.41) is 16.7. The van der Waals surface area contributed by atoms with Crippen molar-refractivity contribution in [3.63, 3.8) is 0 Å². The van der Waals surface area contributed by atoms with Crippen molar-refractivity contribution in [3.05, 3.63) is 94.4 Å². The van der Waals surface area contributed by atoms with Crippen molar-refractivity contribution in [1.29, 1.82) is 0 Å². The quantitative estimate of drug-likeness (QED) is 0.382. The maximum atomic E-state index is 13.3. The highest BCUT2D eigenvalue weighted by molar-refractivity contribution is 6.30. The van der Waals surface area contributed by atoms with Gasteiger partial charge in [-0.15, -0.1) is 0 Å². The van der Waals surface area contributed by atoms with Gasteiger partial charge in [0.1, 0.15) is 0 Å². The molecule has 2 unspecified atom stereocenters. The minimum absolute atomic E-state index is 0.0755. The van der Waals surface area contributed by atoms with Crippen LogP contribution in [0, 0.1) is 0 Å². The van der Waals surface area contributed by atoms with Gasteiger partial charge in [-0.2, -0.15) is 5.10 Å². The highest BCUT2D eigenvalue weighted by Crippen LogP contribution is 2.36. The zero-order chi connectivity index (χ0) is 28.8. The lowest BCUT2D eigenvalue weighted by Gasteiger charge is -2.48. The second kappa shape index (κ2) is 11.0. The number of aliphatic hydroxyl groups is 1. The predicted octanol–water partition coefficient (Wildman–Crippen LogP) is 3.62. The first-order valence-corrected chi connectivity index (χ1v) is 15.0. The molecule has 0 radical (unpaired) electrons. The number of benzene rings is 2. The number of pyridine rings is 1. The van der Waals surface area contributed by atoms with E-state index >= 15 is 0 Å². The van der Waals surface area contributed by atoms with Crippen LogP contribution >= 0.6 is 11.6 Å². The van der Waals surface area contributed by atoms with Gasteiger partial charge in [0.2, 0.25) is 0 Å². The Morgan fingerprint density at radius 2 is 1.71 bits per heavy atom. The fraction of sp³-hybridized carbons (Fsp3) is 0.406. The molecule has 9 nitrogen and oxygen atoms in total. The largest absolute Gasteiger partial charge is 0.385 e. The van der Waals surface area contributed by atoms with Gasteiger partial charge in [0.05, 0.1) is 36.6 Å². The second-order valence-electron chi connectivity index (χ2n) is 11.8. The van der Waals surface area contributed by atoms with Gasteiger partial charge < -0.3 is 19.6 Å². The lowest BCUT2D eigenvalue weighted by Crippen LogP contribution is -2.64. The smallest absolute Gasteiger partial charge is 0.253 e. The summed E-state index contributed by atoms with van der Waals surface area (Å²) >= 11 is 6.05. The van der Waals surface area contributed by atoms with Crippen LogP contribution in [-0.2, 0) is 16.8 Å². The summed E-state index contributed by atoms with van der Waals surface area (Å²) in [5.41, 5.74) is 3.62. The number of aromatic nitrogens is 3. The number of ether oxygens (including phenoxy) is 1. The fourth-order valence-corrected chi connectivity index (χ4v) is 6.67. The van der Waals surface area contributed by atoms with Gasteiger partial charge in [-0.25, -0.2) is 9.50 Å². The van der Waals surface area contributed by atoms with E-state index in [9.17, 15) is 9.90 Å². The molecule has 4 aromatic rings. The Morgan fingerprint density at radius 3 is 2.40 bits per heavy atom. The number of carbonyl (C=O) groups excluding carboxylic acids is 1. The average Bonchev–Trinajstić information content (AvgIpc) is 3.40. The SMILES string of the molecule is CN1C2COCC1CN(C(=O)c1ccc(Cc3nc4c(N5CCC(O)(c6ccc(Cl)cc6)CC5)cccn4n3)cc1)C2. The van der Waals surface area contributed by atoms with Gasteiger partial charge in [-0.05, 0) is 67.4 Å². The Bertz CT molecular complexity index is 1570. The number of amides is 1. The number of morpholine rings is 1. The minimum Gasteiger partial charge on any atom is -0.385 e. The van der Waals surface area contributed by atoms with Crippen LogP contribution in [0.3, 0.4) is 0 Å². The molecular formula is C32H35ClN6O3. The number of nitrogens with zero attached hydrogens (tertiary/aromatic N) is 6. The third-order valence-electron chi connectivity index (χ3n) is 9.18. The third kappa shape index (κ3) is 5.15. The number of likely N-dealkylation sites (N-methyl/N-ethyl adjacent to an activating group) is 1. The van der Waals surface area contributed by atoms with Crippen molar-refractivity contribution in [3.8, 4) is 0 Å². The molecule has 3 fully saturated rings. The number of hydrogen-bond donors (Lipinski definition) is 1. The monoisotopic (exact) mass is 586 g/mol. The van der Waals surface area contributed by atoms with Crippen molar-refractivity contribution >= 4 is 28.8 Å². The summed E-state index contributed by atoms with van der Waals surface area (Å²) in [5.74, 6) is 0.801. The van der Waals surface area contributed by atoms with E-state index in [1.807, 2.05) is 70.2 Å². The van der Waals surface area contributed by atoms with E-state index in [1.165, 1.54) is 0 Å². The first-order valence-electron chi connectivity index (χ1n) is 14.6. The summed E-state index contributed by atoms with van der Waals surface area (Å²) in [6, 6.07) is 19.9. The zero-order valence-corrected chi connectivity index (χ0v) is 24.5. The molecule has 2 aromatic carbocycles. The van der Waals surface area contributed by atoms with Crippen molar-refractivity contribution in [2.45, 2.75) is 36.9 Å². The van der Waals surface area contributed by atoms with Crippen LogP contribution in [0.15, 0.2) is 66.9 Å². The van der Waals surface area contributed by atoms with Crippen LogP contribution in [0.5, 0.6) is 0 Å². The average molecular weight is 587 g/mol. The van der Waals surface area contributed by atoms with E-state index in [-0.39, 0.29) is 18.0 Å².